The molecule has 2 fully saturated rings. The fourth-order valence-corrected chi connectivity index (χ4v) is 12.3. The van der Waals surface area contributed by atoms with Crippen LogP contribution in [0.4, 0.5) is 0 Å². The third kappa shape index (κ3) is 3.14. The monoisotopic (exact) mass is 494 g/mol. The molecular weight excluding hydrogens is 464 g/mol. The van der Waals surface area contributed by atoms with E-state index in [1.807, 2.05) is 26.0 Å². The Kier molecular flexibility index (Phi) is 5.02. The van der Waals surface area contributed by atoms with E-state index in [1.165, 1.54) is 0 Å². The van der Waals surface area contributed by atoms with E-state index >= 15 is 0 Å². The lowest BCUT2D eigenvalue weighted by Crippen LogP contribution is -2.63. The Morgan fingerprint density at radius 2 is 0.912 bits per heavy atom. The van der Waals surface area contributed by atoms with Gasteiger partial charge in [-0.05, 0) is 86.5 Å². The first-order chi connectivity index (χ1) is 16.2. The van der Waals surface area contributed by atoms with Crippen LogP contribution in [-0.2, 0) is 19.7 Å². The zero-order valence-electron chi connectivity index (χ0n) is 19.4. The van der Waals surface area contributed by atoms with Crippen LogP contribution in [0.5, 0.6) is 0 Å². The van der Waals surface area contributed by atoms with Crippen LogP contribution in [0, 0.1) is 49.4 Å². The van der Waals surface area contributed by atoms with E-state index in [1.54, 1.807) is 48.5 Å². The number of allylic oxidation sites excluding steroid dienone is 4. The molecule has 4 bridgehead atoms. The lowest BCUT2D eigenvalue weighted by atomic mass is 9.49. The van der Waals surface area contributed by atoms with Gasteiger partial charge < -0.3 is 0 Å². The summed E-state index contributed by atoms with van der Waals surface area (Å²) in [7, 11) is -7.76. The Hall–Kier alpha value is -2.18. The van der Waals surface area contributed by atoms with E-state index in [4.69, 9.17) is 0 Å². The minimum absolute atomic E-state index is 0.188. The smallest absolute Gasteiger partial charge is 0.183 e. The van der Waals surface area contributed by atoms with Gasteiger partial charge in [-0.3, -0.25) is 0 Å². The van der Waals surface area contributed by atoms with Crippen LogP contribution in [0.1, 0.15) is 24.0 Å². The standard InChI is InChI=1S/C28H30O4S2/c1-17-3-11-21(12-4-17)33(29,30)27-23-15-16-24(26-20-9-7-19(8-10-20)25(23)26)28(27)34(31,32)22-13-5-18(2)6-14-22/h3-7,9,11-16,19-20,23-28H,8,10H2,1-2H3/t19-,20+,23-,24+,25+,26-,27?,28?. The highest BCUT2D eigenvalue weighted by atomic mass is 32.2. The summed E-state index contributed by atoms with van der Waals surface area (Å²) in [5.74, 6) is 0.424. The Labute approximate surface area is 202 Å². The van der Waals surface area contributed by atoms with Gasteiger partial charge in [-0.15, -0.1) is 0 Å². The first-order valence-corrected chi connectivity index (χ1v) is 15.3. The van der Waals surface area contributed by atoms with Gasteiger partial charge in [0.05, 0.1) is 20.3 Å². The molecule has 8 atom stereocenters. The highest BCUT2D eigenvalue weighted by molar-refractivity contribution is 7.96. The molecular formula is C28H30O4S2. The van der Waals surface area contributed by atoms with Crippen LogP contribution in [-0.4, -0.2) is 27.3 Å². The number of benzene rings is 2. The van der Waals surface area contributed by atoms with E-state index in [2.05, 4.69) is 12.2 Å². The molecule has 4 nitrogen and oxygen atoms in total. The summed E-state index contributed by atoms with van der Waals surface area (Å²) in [5, 5.41) is -1.96. The minimum atomic E-state index is -3.88. The third-order valence-electron chi connectivity index (χ3n) is 8.81. The second kappa shape index (κ2) is 7.66. The van der Waals surface area contributed by atoms with Gasteiger partial charge in [0, 0.05) is 0 Å². The number of sulfone groups is 2. The fourth-order valence-electron chi connectivity index (χ4n) is 7.30. The third-order valence-corrected chi connectivity index (χ3v) is 13.5. The van der Waals surface area contributed by atoms with Crippen molar-refractivity contribution in [3.8, 4) is 0 Å². The largest absolute Gasteiger partial charge is 0.223 e. The van der Waals surface area contributed by atoms with E-state index in [9.17, 15) is 16.8 Å². The molecule has 0 N–H and O–H groups in total. The molecule has 6 heteroatoms. The molecule has 178 valence electrons. The number of aryl methyl sites for hydroxylation is 2. The van der Waals surface area contributed by atoms with Crippen molar-refractivity contribution in [2.24, 2.45) is 35.5 Å². The molecule has 34 heavy (non-hydrogen) atoms. The van der Waals surface area contributed by atoms with Crippen molar-refractivity contribution >= 4 is 19.7 Å². The van der Waals surface area contributed by atoms with Gasteiger partial charge in [-0.1, -0.05) is 59.7 Å². The lowest BCUT2D eigenvalue weighted by Gasteiger charge is -2.60. The van der Waals surface area contributed by atoms with Crippen LogP contribution in [0.15, 0.2) is 82.6 Å². The maximum atomic E-state index is 14.2. The molecule has 6 aliphatic carbocycles. The summed E-state index contributed by atoms with van der Waals surface area (Å²) in [6.45, 7) is 3.84. The van der Waals surface area contributed by atoms with Crippen LogP contribution < -0.4 is 0 Å². The predicted octanol–water partition coefficient (Wildman–Crippen LogP) is 4.93. The number of hydrogen-bond acceptors (Lipinski definition) is 4. The Morgan fingerprint density at radius 3 is 1.24 bits per heavy atom. The summed E-state index contributed by atoms with van der Waals surface area (Å²) < 4.78 is 56.8. The molecule has 2 aromatic rings. The molecule has 0 amide bonds. The van der Waals surface area contributed by atoms with Gasteiger partial charge in [0.25, 0.3) is 0 Å². The number of fused-ring (bicyclic) bond motifs is 2. The van der Waals surface area contributed by atoms with Crippen molar-refractivity contribution < 1.29 is 16.8 Å². The molecule has 2 aromatic carbocycles. The second-order valence-corrected chi connectivity index (χ2v) is 14.8. The molecule has 0 spiro atoms. The maximum absolute atomic E-state index is 14.2. The van der Waals surface area contributed by atoms with Crippen LogP contribution in [0.2, 0.25) is 0 Å². The van der Waals surface area contributed by atoms with Crippen LogP contribution in [0.25, 0.3) is 0 Å². The summed E-state index contributed by atoms with van der Waals surface area (Å²) >= 11 is 0. The lowest BCUT2D eigenvalue weighted by molar-refractivity contribution is 0.0118. The summed E-state index contributed by atoms with van der Waals surface area (Å²) in [6, 6.07) is 13.7. The molecule has 8 rings (SSSR count). The Bertz CT molecular complexity index is 1280. The molecule has 0 aliphatic heterocycles. The molecule has 6 aliphatic rings. The normalized spacial score (nSPS) is 35.9. The summed E-state index contributed by atoms with van der Waals surface area (Å²) in [4.78, 5) is 0.447. The Balaban J connectivity index is 1.54. The SMILES string of the molecule is Cc1ccc(S(=O)(=O)C2C(S(=O)(=O)c3ccc(C)cc3)[C@@H]3C=C[C@H]2[C@@H]2[C@H]3[C@@H]3C=C[C@H]2CC3)cc1. The molecule has 0 radical (unpaired) electrons. The van der Waals surface area contributed by atoms with Crippen LogP contribution in [0.3, 0.4) is 0 Å². The van der Waals surface area contributed by atoms with E-state index in [0.717, 1.165) is 24.0 Å². The second-order valence-electron chi connectivity index (χ2n) is 10.6. The minimum Gasteiger partial charge on any atom is -0.223 e. The van der Waals surface area contributed by atoms with E-state index < -0.39 is 30.2 Å². The average molecular weight is 495 g/mol. The average Bonchev–Trinajstić information content (AvgIpc) is 2.85. The zero-order valence-corrected chi connectivity index (χ0v) is 21.0. The zero-order chi connectivity index (χ0) is 23.8. The summed E-state index contributed by atoms with van der Waals surface area (Å²) in [5.41, 5.74) is 1.95. The van der Waals surface area contributed by atoms with E-state index in [0.29, 0.717) is 11.8 Å². The molecule has 2 unspecified atom stereocenters. The molecule has 0 aromatic heterocycles. The van der Waals surface area contributed by atoms with Crippen molar-refractivity contribution in [2.45, 2.75) is 47.0 Å². The van der Waals surface area contributed by atoms with Gasteiger partial charge in [-0.2, -0.15) is 0 Å². The quantitative estimate of drug-likeness (QED) is 0.565. The first-order valence-electron chi connectivity index (χ1n) is 12.2. The fraction of sp³-hybridized carbons (Fsp3) is 0.429. The van der Waals surface area contributed by atoms with Crippen LogP contribution >= 0.6 is 0 Å². The number of hydrogen-bond donors (Lipinski definition) is 0. The van der Waals surface area contributed by atoms with Crippen molar-refractivity contribution in [3.05, 3.63) is 84.0 Å². The van der Waals surface area contributed by atoms with Crippen molar-refractivity contribution in [1.29, 1.82) is 0 Å². The van der Waals surface area contributed by atoms with Gasteiger partial charge in [0.2, 0.25) is 0 Å². The summed E-state index contributed by atoms with van der Waals surface area (Å²) in [6.07, 6.45) is 10.7. The number of rotatable bonds is 4. The van der Waals surface area contributed by atoms with Crippen molar-refractivity contribution in [3.63, 3.8) is 0 Å². The van der Waals surface area contributed by atoms with E-state index in [-0.39, 0.29) is 33.5 Å². The predicted molar refractivity (Wildman–Crippen MR) is 133 cm³/mol. The van der Waals surface area contributed by atoms with Gasteiger partial charge in [0.15, 0.2) is 19.7 Å². The van der Waals surface area contributed by atoms with Gasteiger partial charge in [-0.25, -0.2) is 16.8 Å². The van der Waals surface area contributed by atoms with Gasteiger partial charge in [0.1, 0.15) is 0 Å². The maximum Gasteiger partial charge on any atom is 0.183 e. The Morgan fingerprint density at radius 1 is 0.559 bits per heavy atom. The first kappa shape index (κ1) is 22.3. The molecule has 2 saturated carbocycles. The van der Waals surface area contributed by atoms with Crippen molar-refractivity contribution in [2.75, 3.05) is 0 Å². The topological polar surface area (TPSA) is 68.3 Å². The highest BCUT2D eigenvalue weighted by Crippen LogP contribution is 2.61. The highest BCUT2D eigenvalue weighted by Gasteiger charge is 2.64. The molecule has 0 heterocycles. The van der Waals surface area contributed by atoms with Crippen molar-refractivity contribution in [1.82, 2.24) is 0 Å². The van der Waals surface area contributed by atoms with Gasteiger partial charge >= 0.3 is 0 Å². The molecule has 0 saturated heterocycles.